The molecule has 2 aliphatic heterocycles. The number of hydrogen-bond donors (Lipinski definition) is 1. The summed E-state index contributed by atoms with van der Waals surface area (Å²) < 4.78 is 81.7. The molecule has 2 saturated heterocycles. The Morgan fingerprint density at radius 1 is 0.625 bits per heavy atom. The van der Waals surface area contributed by atoms with Gasteiger partial charge in [0.2, 0.25) is 20.0 Å². The highest BCUT2D eigenvalue weighted by molar-refractivity contribution is 7.88. The zero-order chi connectivity index (χ0) is 51.1. The predicted molar refractivity (Wildman–Crippen MR) is 283 cm³/mol. The number of benzene rings is 2. The molecule has 0 radical (unpaired) electrons. The topological polar surface area (TPSA) is 162 Å². The summed E-state index contributed by atoms with van der Waals surface area (Å²) in [7, 11) is -2.39. The number of aromatic nitrogens is 6. The van der Waals surface area contributed by atoms with Crippen LogP contribution in [0.4, 0.5) is 30.7 Å². The van der Waals surface area contributed by atoms with Crippen molar-refractivity contribution in [2.24, 2.45) is 0 Å². The Morgan fingerprint density at radius 3 is 1.50 bits per heavy atom. The third-order valence-corrected chi connectivity index (χ3v) is 18.3. The maximum Gasteiger partial charge on any atom is 0.211 e. The van der Waals surface area contributed by atoms with Crippen LogP contribution >= 0.6 is 22.7 Å². The number of aryl methyl sites for hydroxylation is 2. The van der Waals surface area contributed by atoms with Crippen LogP contribution in [0.15, 0.2) is 90.6 Å². The number of sulfonamides is 2. The molecule has 2 aliphatic rings. The fourth-order valence-corrected chi connectivity index (χ4v) is 13.1. The summed E-state index contributed by atoms with van der Waals surface area (Å²) in [6.07, 6.45) is 11.4. The van der Waals surface area contributed by atoms with E-state index in [1.165, 1.54) is 65.0 Å². The molecule has 0 spiro atoms. The third-order valence-electron chi connectivity index (χ3n) is 13.6. The highest BCUT2D eigenvalue weighted by atomic mass is 32.2. The number of anilines is 4. The van der Waals surface area contributed by atoms with Gasteiger partial charge in [0.05, 0.1) is 46.8 Å². The quantitative estimate of drug-likeness (QED) is 0.117. The van der Waals surface area contributed by atoms with E-state index < -0.39 is 20.0 Å². The van der Waals surface area contributed by atoms with Gasteiger partial charge in [0, 0.05) is 69.2 Å². The number of piperidine rings is 2. The monoisotopic (exact) mass is 1060 g/mol. The van der Waals surface area contributed by atoms with E-state index in [1.54, 1.807) is 32.9 Å². The van der Waals surface area contributed by atoms with Crippen molar-refractivity contribution in [1.82, 2.24) is 37.3 Å². The highest BCUT2D eigenvalue weighted by Gasteiger charge is 2.29. The van der Waals surface area contributed by atoms with E-state index in [4.69, 9.17) is 19.9 Å². The smallest absolute Gasteiger partial charge is 0.211 e. The minimum atomic E-state index is -3.17. The van der Waals surface area contributed by atoms with E-state index in [1.807, 2.05) is 36.5 Å². The Bertz CT molecular complexity index is 3430. The maximum absolute atomic E-state index is 13.5. The molecular weight excluding hydrogens is 999 g/mol. The Kier molecular flexibility index (Phi) is 15.0. The van der Waals surface area contributed by atoms with Crippen LogP contribution < -0.4 is 9.80 Å². The van der Waals surface area contributed by atoms with Gasteiger partial charge in [-0.15, -0.1) is 11.3 Å². The molecule has 0 amide bonds. The zero-order valence-electron chi connectivity index (χ0n) is 41.0. The molecule has 15 nitrogen and oxygen atoms in total. The average Bonchev–Trinajstić information content (AvgIpc) is 4.20. The number of rotatable bonds is 13. The number of nitrogens with zero attached hydrogens (tertiary/aromatic N) is 10. The lowest BCUT2D eigenvalue weighted by atomic mass is 9.91. The molecule has 10 rings (SSSR count). The van der Waals surface area contributed by atoms with Gasteiger partial charge < -0.3 is 14.9 Å². The van der Waals surface area contributed by atoms with Crippen molar-refractivity contribution in [3.63, 3.8) is 0 Å². The SMILES string of the molecule is CCc1nc2ccc(C3CCN(S(C)(=O)=O)CC3)cn2c1N(C)c1nc(-c2ccc(F)cc2)c(CO)s1.CCc1nc2ccc(C3CCN(S(C)(=O)=O)CC3)cn2c1N(C)c1nc(-c2ccc(F)cc2)cs1. The van der Waals surface area contributed by atoms with Crippen LogP contribution in [0.3, 0.4) is 0 Å². The van der Waals surface area contributed by atoms with Crippen LogP contribution in [0.5, 0.6) is 0 Å². The molecule has 0 bridgehead atoms. The van der Waals surface area contributed by atoms with Gasteiger partial charge in [-0.3, -0.25) is 8.80 Å². The molecular formula is C51H58F2N10O5S4. The Labute approximate surface area is 427 Å². The summed E-state index contributed by atoms with van der Waals surface area (Å²) in [6, 6.07) is 20.7. The standard InChI is InChI=1S/C26H30FN5O3S2.C25H28FN5O2S2/c1-4-21-25(30(2)26-29-24(22(16-33)36-26)18-5-8-20(27)9-6-18)32-15-19(7-10-23(32)28-21)17-11-13-31(14-12-17)37(3,34)35;1-4-21-24(29(2)25-28-22(16-34-25)18-5-8-20(26)9-6-18)31-15-19(7-10-23(31)27-21)17-11-13-30(14-12-17)35(3,32)33/h5-10,15,17,33H,4,11-14,16H2,1-3H3;5-10,15-17H,4,11-14H2,1-3H3. The summed E-state index contributed by atoms with van der Waals surface area (Å²) >= 11 is 2.93. The number of thiazole rings is 2. The lowest BCUT2D eigenvalue weighted by molar-refractivity contribution is 0.286. The summed E-state index contributed by atoms with van der Waals surface area (Å²) in [4.78, 5) is 24.1. The first-order chi connectivity index (χ1) is 34.4. The average molecular weight is 1060 g/mol. The number of pyridine rings is 2. The minimum Gasteiger partial charge on any atom is -0.391 e. The number of fused-ring (bicyclic) bond motifs is 2. The lowest BCUT2D eigenvalue weighted by Crippen LogP contribution is -2.37. The van der Waals surface area contributed by atoms with Gasteiger partial charge in [0.25, 0.3) is 0 Å². The van der Waals surface area contributed by atoms with Crippen molar-refractivity contribution >= 4 is 75.9 Å². The van der Waals surface area contributed by atoms with Gasteiger partial charge in [0.1, 0.15) is 34.6 Å². The fourth-order valence-electron chi connectivity index (χ4n) is 9.68. The van der Waals surface area contributed by atoms with Gasteiger partial charge >= 0.3 is 0 Å². The van der Waals surface area contributed by atoms with Crippen molar-refractivity contribution in [2.75, 3.05) is 62.6 Å². The molecule has 0 saturated carbocycles. The Morgan fingerprint density at radius 2 is 1.07 bits per heavy atom. The second-order valence-corrected chi connectivity index (χ2v) is 24.2. The summed E-state index contributed by atoms with van der Waals surface area (Å²) in [6.45, 7) is 6.12. The maximum atomic E-state index is 13.5. The molecule has 21 heteroatoms. The van der Waals surface area contributed by atoms with Crippen molar-refractivity contribution in [1.29, 1.82) is 0 Å². The zero-order valence-corrected chi connectivity index (χ0v) is 44.3. The van der Waals surface area contributed by atoms with Crippen LogP contribution in [0, 0.1) is 11.6 Å². The Balaban J connectivity index is 0.000000178. The minimum absolute atomic E-state index is 0.164. The predicted octanol–water partition coefficient (Wildman–Crippen LogP) is 9.62. The van der Waals surface area contributed by atoms with Crippen LogP contribution in [-0.2, 0) is 39.5 Å². The molecule has 0 atom stereocenters. The van der Waals surface area contributed by atoms with Crippen molar-refractivity contribution in [2.45, 2.75) is 70.8 Å². The molecule has 8 heterocycles. The van der Waals surface area contributed by atoms with Gasteiger partial charge in [-0.2, -0.15) is 0 Å². The van der Waals surface area contributed by atoms with E-state index in [9.17, 15) is 30.7 Å². The second-order valence-electron chi connectivity index (χ2n) is 18.3. The van der Waals surface area contributed by atoms with Gasteiger partial charge in [-0.1, -0.05) is 37.3 Å². The van der Waals surface area contributed by atoms with Gasteiger partial charge in [-0.05, 0) is 122 Å². The van der Waals surface area contributed by atoms with Gasteiger partial charge in [0.15, 0.2) is 10.3 Å². The second kappa shape index (κ2) is 21.0. The molecule has 1 N–H and O–H groups in total. The third kappa shape index (κ3) is 10.7. The largest absolute Gasteiger partial charge is 0.391 e. The molecule has 2 fully saturated rings. The molecule has 0 unspecified atom stereocenters. The van der Waals surface area contributed by atoms with Crippen molar-refractivity contribution in [3.05, 3.63) is 130 Å². The van der Waals surface area contributed by atoms with Crippen LogP contribution in [0.1, 0.15) is 78.8 Å². The lowest BCUT2D eigenvalue weighted by Gasteiger charge is -2.30. The van der Waals surface area contributed by atoms with E-state index in [-0.39, 0.29) is 24.2 Å². The fraction of sp³-hybridized carbons (Fsp3) is 0.373. The summed E-state index contributed by atoms with van der Waals surface area (Å²) in [5.41, 5.74) is 9.01. The van der Waals surface area contributed by atoms with Crippen molar-refractivity contribution in [3.8, 4) is 22.5 Å². The van der Waals surface area contributed by atoms with E-state index in [0.29, 0.717) is 47.8 Å². The number of aliphatic hydroxyl groups is 1. The van der Waals surface area contributed by atoms with Crippen molar-refractivity contribution < 1.29 is 30.7 Å². The molecule has 0 aliphatic carbocycles. The van der Waals surface area contributed by atoms with Gasteiger partial charge in [-0.25, -0.2) is 54.2 Å². The van der Waals surface area contributed by atoms with Crippen LogP contribution in [-0.4, -0.2) is 112 Å². The highest BCUT2D eigenvalue weighted by Crippen LogP contribution is 2.39. The van der Waals surface area contributed by atoms with E-state index in [2.05, 4.69) is 52.1 Å². The van der Waals surface area contributed by atoms with E-state index >= 15 is 0 Å². The van der Waals surface area contributed by atoms with Crippen LogP contribution in [0.2, 0.25) is 0 Å². The molecule has 2 aromatic carbocycles. The normalized spacial score (nSPS) is 15.6. The van der Waals surface area contributed by atoms with Crippen LogP contribution in [0.25, 0.3) is 33.8 Å². The molecule has 72 heavy (non-hydrogen) atoms. The van der Waals surface area contributed by atoms with E-state index in [0.717, 1.165) is 100 Å². The molecule has 380 valence electrons. The number of hydrogen-bond acceptors (Lipinski definition) is 13. The first-order valence-electron chi connectivity index (χ1n) is 23.9. The number of aliphatic hydroxyl groups excluding tert-OH is 1. The summed E-state index contributed by atoms with van der Waals surface area (Å²) in [5.74, 6) is 1.84. The number of halogens is 2. The molecule has 6 aromatic heterocycles. The number of imidazole rings is 2. The molecule has 8 aromatic rings. The Hall–Kier alpha value is -5.68. The first-order valence-corrected chi connectivity index (χ1v) is 29.3. The first kappa shape index (κ1) is 51.2. The summed E-state index contributed by atoms with van der Waals surface area (Å²) in [5, 5.41) is 13.5.